The van der Waals surface area contributed by atoms with E-state index < -0.39 is 5.25 Å². The number of rotatable bonds is 5. The molecule has 1 saturated heterocycles. The van der Waals surface area contributed by atoms with E-state index in [1.807, 2.05) is 24.3 Å². The maximum atomic E-state index is 12.7. The molecule has 2 heterocycles. The molecule has 2 aliphatic rings. The van der Waals surface area contributed by atoms with Crippen molar-refractivity contribution in [2.45, 2.75) is 16.6 Å². The number of para-hydroxylation sites is 1. The lowest BCUT2D eigenvalue weighted by atomic mass is 10.2. The summed E-state index contributed by atoms with van der Waals surface area (Å²) in [6.45, 7) is 1.72. The van der Waals surface area contributed by atoms with Crippen molar-refractivity contribution in [3.05, 3.63) is 53.6 Å². The van der Waals surface area contributed by atoms with Gasteiger partial charge in [-0.25, -0.2) is 0 Å². The summed E-state index contributed by atoms with van der Waals surface area (Å²) in [6.07, 6.45) is 0.137. The lowest BCUT2D eigenvalue weighted by Crippen LogP contribution is -2.52. The molecule has 2 aromatic carbocycles. The van der Waals surface area contributed by atoms with Gasteiger partial charge in [0.15, 0.2) is 6.61 Å². The minimum Gasteiger partial charge on any atom is -0.484 e. The van der Waals surface area contributed by atoms with Crippen LogP contribution in [0.25, 0.3) is 0 Å². The van der Waals surface area contributed by atoms with E-state index in [4.69, 9.17) is 16.3 Å². The maximum Gasteiger partial charge on any atom is 0.260 e. The van der Waals surface area contributed by atoms with Crippen LogP contribution in [0.1, 0.15) is 6.42 Å². The number of nitrogens with zero attached hydrogens (tertiary/aromatic N) is 2. The van der Waals surface area contributed by atoms with Crippen LogP contribution in [0, 0.1) is 0 Å². The largest absolute Gasteiger partial charge is 0.484 e. The van der Waals surface area contributed by atoms with Crippen LogP contribution in [0.3, 0.4) is 0 Å². The molecule has 31 heavy (non-hydrogen) atoms. The first-order valence-corrected chi connectivity index (χ1v) is 11.3. The highest BCUT2D eigenvalue weighted by Crippen LogP contribution is 2.36. The Labute approximate surface area is 189 Å². The van der Waals surface area contributed by atoms with Crippen molar-refractivity contribution in [2.75, 3.05) is 38.1 Å². The third-order valence-corrected chi connectivity index (χ3v) is 6.75. The predicted octanol–water partition coefficient (Wildman–Crippen LogP) is 2.89. The summed E-state index contributed by atoms with van der Waals surface area (Å²) in [7, 11) is 0. The summed E-state index contributed by atoms with van der Waals surface area (Å²) < 4.78 is 5.51. The van der Waals surface area contributed by atoms with E-state index >= 15 is 0 Å². The Morgan fingerprint density at radius 1 is 1.00 bits per heavy atom. The quantitative estimate of drug-likeness (QED) is 0.743. The molecule has 4 rings (SSSR count). The first kappa shape index (κ1) is 21.5. The van der Waals surface area contributed by atoms with Crippen LogP contribution in [0.4, 0.5) is 5.69 Å². The topological polar surface area (TPSA) is 79.0 Å². The number of hydrogen-bond donors (Lipinski definition) is 1. The number of carbonyl (C=O) groups excluding carboxylic acids is 3. The average Bonchev–Trinajstić information content (AvgIpc) is 2.79. The molecule has 9 heteroatoms. The van der Waals surface area contributed by atoms with Crippen LogP contribution in [-0.4, -0.2) is 65.6 Å². The van der Waals surface area contributed by atoms with Gasteiger partial charge in [-0.3, -0.25) is 14.4 Å². The van der Waals surface area contributed by atoms with Gasteiger partial charge in [0.1, 0.15) is 5.75 Å². The predicted molar refractivity (Wildman–Crippen MR) is 119 cm³/mol. The van der Waals surface area contributed by atoms with Gasteiger partial charge in [-0.2, -0.15) is 0 Å². The van der Waals surface area contributed by atoms with Gasteiger partial charge < -0.3 is 19.9 Å². The van der Waals surface area contributed by atoms with E-state index in [0.29, 0.717) is 37.0 Å². The second-order valence-electron chi connectivity index (χ2n) is 7.30. The Bertz CT molecular complexity index is 977. The zero-order chi connectivity index (χ0) is 21.8. The highest BCUT2D eigenvalue weighted by Gasteiger charge is 2.32. The van der Waals surface area contributed by atoms with Crippen LogP contribution >= 0.6 is 23.4 Å². The molecule has 7 nitrogen and oxygen atoms in total. The van der Waals surface area contributed by atoms with Gasteiger partial charge in [0.25, 0.3) is 5.91 Å². The van der Waals surface area contributed by atoms with Gasteiger partial charge in [0.2, 0.25) is 11.8 Å². The summed E-state index contributed by atoms with van der Waals surface area (Å²) in [5, 5.41) is 3.02. The molecule has 0 bridgehead atoms. The summed E-state index contributed by atoms with van der Waals surface area (Å²) in [5.41, 5.74) is 0.786. The molecule has 2 aromatic rings. The molecule has 3 amide bonds. The number of piperazine rings is 1. The maximum absolute atomic E-state index is 12.7. The lowest BCUT2D eigenvalue weighted by Gasteiger charge is -2.35. The van der Waals surface area contributed by atoms with Crippen molar-refractivity contribution in [3.8, 4) is 5.75 Å². The van der Waals surface area contributed by atoms with Crippen molar-refractivity contribution in [1.29, 1.82) is 0 Å². The number of hydrogen-bond acceptors (Lipinski definition) is 5. The molecular weight excluding hydrogens is 438 g/mol. The van der Waals surface area contributed by atoms with Crippen LogP contribution in [0.15, 0.2) is 53.4 Å². The zero-order valence-electron chi connectivity index (χ0n) is 16.8. The molecule has 1 fully saturated rings. The molecular formula is C22H22ClN3O4S. The average molecular weight is 460 g/mol. The smallest absolute Gasteiger partial charge is 0.260 e. The fourth-order valence-electron chi connectivity index (χ4n) is 3.49. The highest BCUT2D eigenvalue weighted by molar-refractivity contribution is 8.01. The fourth-order valence-corrected chi connectivity index (χ4v) is 4.71. The standard InChI is InChI=1S/C22H22ClN3O4S/c23-15-5-7-16(8-6-15)30-14-21(28)26-11-9-25(10-12-26)20(27)13-19-22(29)24-17-3-1-2-4-18(17)31-19/h1-8,19H,9-14H2,(H,24,29). The number of amides is 3. The number of carbonyl (C=O) groups is 3. The molecule has 2 aliphatic heterocycles. The second kappa shape index (κ2) is 9.62. The number of ether oxygens (including phenoxy) is 1. The van der Waals surface area contributed by atoms with Crippen LogP contribution in [0.5, 0.6) is 5.75 Å². The van der Waals surface area contributed by atoms with Crippen LogP contribution in [-0.2, 0) is 14.4 Å². The normalized spacial score (nSPS) is 18.2. The number of benzene rings is 2. The Balaban J connectivity index is 1.24. The molecule has 0 aliphatic carbocycles. The highest BCUT2D eigenvalue weighted by atomic mass is 35.5. The minimum absolute atomic E-state index is 0.0616. The lowest BCUT2D eigenvalue weighted by molar-refractivity contribution is -0.141. The molecule has 1 unspecified atom stereocenters. The van der Waals surface area contributed by atoms with Crippen molar-refractivity contribution >= 4 is 46.8 Å². The molecule has 1 N–H and O–H groups in total. The third-order valence-electron chi connectivity index (χ3n) is 5.23. The van der Waals surface area contributed by atoms with E-state index in [9.17, 15) is 14.4 Å². The van der Waals surface area contributed by atoms with Crippen molar-refractivity contribution in [1.82, 2.24) is 9.80 Å². The number of halogens is 1. The summed E-state index contributed by atoms with van der Waals surface area (Å²) >= 11 is 7.26. The van der Waals surface area contributed by atoms with E-state index in [-0.39, 0.29) is 30.7 Å². The Morgan fingerprint density at radius 3 is 2.35 bits per heavy atom. The SMILES string of the molecule is O=C1Nc2ccccc2SC1CC(=O)N1CCN(C(=O)COc2ccc(Cl)cc2)CC1. The van der Waals surface area contributed by atoms with Gasteiger partial charge in [0.05, 0.1) is 10.9 Å². The Morgan fingerprint density at radius 2 is 1.65 bits per heavy atom. The summed E-state index contributed by atoms with van der Waals surface area (Å²) in [6, 6.07) is 14.4. The molecule has 162 valence electrons. The first-order chi connectivity index (χ1) is 15.0. The zero-order valence-corrected chi connectivity index (χ0v) is 18.3. The summed E-state index contributed by atoms with van der Waals surface area (Å²) in [4.78, 5) is 41.9. The number of nitrogens with one attached hydrogen (secondary N) is 1. The van der Waals surface area contributed by atoms with Crippen molar-refractivity contribution in [3.63, 3.8) is 0 Å². The Hall–Kier alpha value is -2.71. The first-order valence-electron chi connectivity index (χ1n) is 10.00. The monoisotopic (exact) mass is 459 g/mol. The minimum atomic E-state index is -0.449. The van der Waals surface area contributed by atoms with Crippen molar-refractivity contribution < 1.29 is 19.1 Å². The van der Waals surface area contributed by atoms with Crippen LogP contribution < -0.4 is 10.1 Å². The Kier molecular flexibility index (Phi) is 6.67. The van der Waals surface area contributed by atoms with Gasteiger partial charge >= 0.3 is 0 Å². The molecule has 0 radical (unpaired) electrons. The third kappa shape index (κ3) is 5.32. The fraction of sp³-hybridized carbons (Fsp3) is 0.318. The molecule has 0 spiro atoms. The van der Waals surface area contributed by atoms with E-state index in [2.05, 4.69) is 5.32 Å². The number of thioether (sulfide) groups is 1. The number of anilines is 1. The molecule has 1 atom stereocenters. The van der Waals surface area contributed by atoms with Gasteiger partial charge in [0, 0.05) is 42.5 Å². The van der Waals surface area contributed by atoms with E-state index in [1.165, 1.54) is 11.8 Å². The van der Waals surface area contributed by atoms with Crippen LogP contribution in [0.2, 0.25) is 5.02 Å². The van der Waals surface area contributed by atoms with E-state index in [1.54, 1.807) is 34.1 Å². The van der Waals surface area contributed by atoms with E-state index in [0.717, 1.165) is 10.6 Å². The molecule has 0 saturated carbocycles. The van der Waals surface area contributed by atoms with Gasteiger partial charge in [-0.15, -0.1) is 11.8 Å². The molecule has 0 aromatic heterocycles. The van der Waals surface area contributed by atoms with Crippen molar-refractivity contribution in [2.24, 2.45) is 0 Å². The summed E-state index contributed by atoms with van der Waals surface area (Å²) in [5.74, 6) is 0.235. The number of fused-ring (bicyclic) bond motifs is 1. The van der Waals surface area contributed by atoms with Gasteiger partial charge in [-0.1, -0.05) is 23.7 Å². The van der Waals surface area contributed by atoms with Gasteiger partial charge in [-0.05, 0) is 36.4 Å². The second-order valence-corrected chi connectivity index (χ2v) is 8.98.